The highest BCUT2D eigenvalue weighted by atomic mass is 16.2. The van der Waals surface area contributed by atoms with Gasteiger partial charge in [-0.15, -0.1) is 0 Å². The Hall–Kier alpha value is -1.91. The Morgan fingerprint density at radius 3 is 2.73 bits per heavy atom. The van der Waals surface area contributed by atoms with Crippen LogP contribution < -0.4 is 0 Å². The van der Waals surface area contributed by atoms with E-state index in [9.17, 15) is 9.59 Å². The highest BCUT2D eigenvalue weighted by Gasteiger charge is 2.42. The van der Waals surface area contributed by atoms with Crippen molar-refractivity contribution in [2.24, 2.45) is 5.92 Å². The van der Waals surface area contributed by atoms with Crippen LogP contribution in [0.3, 0.4) is 0 Å². The van der Waals surface area contributed by atoms with E-state index < -0.39 is 0 Å². The summed E-state index contributed by atoms with van der Waals surface area (Å²) in [6.07, 6.45) is 2.55. The lowest BCUT2D eigenvalue weighted by Crippen LogP contribution is -2.35. The molecule has 0 aromatic carbocycles. The van der Waals surface area contributed by atoms with Crippen molar-refractivity contribution in [2.45, 2.75) is 45.7 Å². The Kier molecular flexibility index (Phi) is 3.89. The molecule has 1 aliphatic heterocycles. The average molecular weight is 301 g/mol. The largest absolute Gasteiger partial charge is 0.340 e. The van der Waals surface area contributed by atoms with E-state index in [-0.39, 0.29) is 17.7 Å². The monoisotopic (exact) mass is 301 g/mol. The van der Waals surface area contributed by atoms with E-state index in [1.54, 1.807) is 11.9 Å². The fourth-order valence-electron chi connectivity index (χ4n) is 3.27. The Morgan fingerprint density at radius 2 is 2.09 bits per heavy atom. The molecule has 5 nitrogen and oxygen atoms in total. The molecule has 0 N–H and O–H groups in total. The van der Waals surface area contributed by atoms with E-state index in [1.165, 1.54) is 0 Å². The third-order valence-corrected chi connectivity index (χ3v) is 4.42. The summed E-state index contributed by atoms with van der Waals surface area (Å²) in [4.78, 5) is 32.6. The topological polar surface area (TPSA) is 53.5 Å². The van der Waals surface area contributed by atoms with Crippen LogP contribution in [0, 0.1) is 19.8 Å². The minimum absolute atomic E-state index is 0.0532. The van der Waals surface area contributed by atoms with Gasteiger partial charge >= 0.3 is 0 Å². The first-order valence-corrected chi connectivity index (χ1v) is 7.92. The van der Waals surface area contributed by atoms with Gasteiger partial charge in [0.2, 0.25) is 11.8 Å². The zero-order chi connectivity index (χ0) is 15.9. The van der Waals surface area contributed by atoms with Gasteiger partial charge in [-0.1, -0.05) is 0 Å². The molecule has 1 aromatic heterocycles. The maximum absolute atomic E-state index is 12.6. The summed E-state index contributed by atoms with van der Waals surface area (Å²) >= 11 is 0. The van der Waals surface area contributed by atoms with Gasteiger partial charge in [0, 0.05) is 31.7 Å². The molecule has 3 rings (SSSR count). The summed E-state index contributed by atoms with van der Waals surface area (Å²) in [5, 5.41) is 0. The van der Waals surface area contributed by atoms with Crippen molar-refractivity contribution in [1.29, 1.82) is 0 Å². The number of likely N-dealkylation sites (tertiary alicyclic amines) is 1. The van der Waals surface area contributed by atoms with Crippen LogP contribution in [-0.4, -0.2) is 46.2 Å². The Labute approximate surface area is 131 Å². The van der Waals surface area contributed by atoms with E-state index in [0.29, 0.717) is 25.6 Å². The Balaban J connectivity index is 1.63. The Morgan fingerprint density at radius 1 is 1.36 bits per heavy atom. The molecular weight excluding hydrogens is 278 g/mol. The number of nitrogens with zero attached hydrogens (tertiary/aromatic N) is 3. The van der Waals surface area contributed by atoms with E-state index in [1.807, 2.05) is 30.9 Å². The molecule has 0 unspecified atom stereocenters. The zero-order valence-electron chi connectivity index (χ0n) is 13.5. The SMILES string of the molecule is Cc1cc(C)nc(CN(C)C(=O)[C@H]2CC(=O)N(C3CC3)C2)c1. The van der Waals surface area contributed by atoms with Gasteiger partial charge in [-0.2, -0.15) is 0 Å². The smallest absolute Gasteiger partial charge is 0.228 e. The maximum Gasteiger partial charge on any atom is 0.228 e. The predicted octanol–water partition coefficient (Wildman–Crippen LogP) is 1.67. The Bertz CT molecular complexity index is 590. The normalized spacial score (nSPS) is 21.3. The molecular formula is C17H23N3O2. The molecule has 0 bridgehead atoms. The van der Waals surface area contributed by atoms with E-state index >= 15 is 0 Å². The molecule has 2 amide bonds. The lowest BCUT2D eigenvalue weighted by atomic mass is 10.1. The van der Waals surface area contributed by atoms with Gasteiger partial charge < -0.3 is 9.80 Å². The van der Waals surface area contributed by atoms with Crippen LogP contribution in [-0.2, 0) is 16.1 Å². The first kappa shape index (κ1) is 15.0. The number of pyridine rings is 1. The second-order valence-corrected chi connectivity index (χ2v) is 6.65. The zero-order valence-corrected chi connectivity index (χ0v) is 13.5. The van der Waals surface area contributed by atoms with Crippen molar-refractivity contribution in [3.8, 4) is 0 Å². The molecule has 5 heteroatoms. The third-order valence-electron chi connectivity index (χ3n) is 4.42. The summed E-state index contributed by atoms with van der Waals surface area (Å²) in [5.41, 5.74) is 3.02. The van der Waals surface area contributed by atoms with Crippen molar-refractivity contribution in [2.75, 3.05) is 13.6 Å². The molecule has 2 fully saturated rings. The van der Waals surface area contributed by atoms with Crippen LogP contribution in [0.2, 0.25) is 0 Å². The minimum Gasteiger partial charge on any atom is -0.340 e. The van der Waals surface area contributed by atoms with E-state index in [4.69, 9.17) is 0 Å². The third kappa shape index (κ3) is 3.13. The average Bonchev–Trinajstić information content (AvgIpc) is 3.19. The van der Waals surface area contributed by atoms with Gasteiger partial charge in [-0.3, -0.25) is 14.6 Å². The van der Waals surface area contributed by atoms with Gasteiger partial charge in [-0.25, -0.2) is 0 Å². The van der Waals surface area contributed by atoms with Crippen LogP contribution in [0.1, 0.15) is 36.2 Å². The van der Waals surface area contributed by atoms with Gasteiger partial charge in [0.15, 0.2) is 0 Å². The molecule has 1 saturated heterocycles. The van der Waals surface area contributed by atoms with Crippen LogP contribution in [0.15, 0.2) is 12.1 Å². The van der Waals surface area contributed by atoms with Crippen LogP contribution in [0.4, 0.5) is 0 Å². The molecule has 22 heavy (non-hydrogen) atoms. The van der Waals surface area contributed by atoms with E-state index in [2.05, 4.69) is 4.98 Å². The number of carbonyl (C=O) groups excluding carboxylic acids is 2. The summed E-state index contributed by atoms with van der Waals surface area (Å²) in [6.45, 7) is 5.08. The molecule has 2 heterocycles. The number of hydrogen-bond acceptors (Lipinski definition) is 3. The van der Waals surface area contributed by atoms with E-state index in [0.717, 1.165) is 29.8 Å². The number of aryl methyl sites for hydroxylation is 2. The van der Waals surface area contributed by atoms with Crippen molar-refractivity contribution in [3.63, 3.8) is 0 Å². The lowest BCUT2D eigenvalue weighted by molar-refractivity contribution is -0.135. The summed E-state index contributed by atoms with van der Waals surface area (Å²) in [6, 6.07) is 4.43. The number of aromatic nitrogens is 1. The second kappa shape index (κ2) is 5.71. The van der Waals surface area contributed by atoms with Gasteiger partial charge in [0.1, 0.15) is 0 Å². The number of hydrogen-bond donors (Lipinski definition) is 0. The molecule has 0 spiro atoms. The first-order chi connectivity index (χ1) is 10.4. The fraction of sp³-hybridized carbons (Fsp3) is 0.588. The maximum atomic E-state index is 12.6. The highest BCUT2D eigenvalue weighted by molar-refractivity contribution is 5.89. The van der Waals surface area contributed by atoms with Crippen LogP contribution in [0.5, 0.6) is 0 Å². The molecule has 1 atom stereocenters. The van der Waals surface area contributed by atoms with Crippen molar-refractivity contribution < 1.29 is 9.59 Å². The number of amides is 2. The molecule has 2 aliphatic rings. The fourth-order valence-corrected chi connectivity index (χ4v) is 3.27. The van der Waals surface area contributed by atoms with Gasteiger partial charge in [0.05, 0.1) is 18.2 Å². The quantitative estimate of drug-likeness (QED) is 0.850. The van der Waals surface area contributed by atoms with Gasteiger partial charge in [-0.05, 0) is 44.4 Å². The van der Waals surface area contributed by atoms with Crippen LogP contribution in [0.25, 0.3) is 0 Å². The first-order valence-electron chi connectivity index (χ1n) is 7.92. The predicted molar refractivity (Wildman–Crippen MR) is 83.0 cm³/mol. The summed E-state index contributed by atoms with van der Waals surface area (Å²) < 4.78 is 0. The minimum atomic E-state index is -0.191. The highest BCUT2D eigenvalue weighted by Crippen LogP contribution is 2.33. The molecule has 0 radical (unpaired) electrons. The molecule has 118 valence electrons. The summed E-state index contributed by atoms with van der Waals surface area (Å²) in [5.74, 6) is 0.000223. The number of carbonyl (C=O) groups is 2. The molecule has 1 aliphatic carbocycles. The summed E-state index contributed by atoms with van der Waals surface area (Å²) in [7, 11) is 1.80. The van der Waals surface area contributed by atoms with Crippen molar-refractivity contribution >= 4 is 11.8 Å². The molecule has 1 saturated carbocycles. The van der Waals surface area contributed by atoms with Gasteiger partial charge in [0.25, 0.3) is 0 Å². The molecule has 1 aromatic rings. The number of rotatable bonds is 4. The van der Waals surface area contributed by atoms with Crippen LogP contribution >= 0.6 is 0 Å². The lowest BCUT2D eigenvalue weighted by Gasteiger charge is -2.21. The second-order valence-electron chi connectivity index (χ2n) is 6.65. The standard InChI is InChI=1S/C17H23N3O2/c1-11-6-12(2)18-14(7-11)10-19(3)17(22)13-8-16(21)20(9-13)15-4-5-15/h6-7,13,15H,4-5,8-10H2,1-3H3/t13-/m0/s1. The van der Waals surface area contributed by atoms with Crippen molar-refractivity contribution in [1.82, 2.24) is 14.8 Å². The van der Waals surface area contributed by atoms with Crippen molar-refractivity contribution in [3.05, 3.63) is 29.1 Å².